The van der Waals surface area contributed by atoms with E-state index >= 15 is 0 Å². The van der Waals surface area contributed by atoms with Crippen LogP contribution in [0, 0.1) is 0 Å². The summed E-state index contributed by atoms with van der Waals surface area (Å²) in [6.45, 7) is 7.41. The van der Waals surface area contributed by atoms with E-state index in [2.05, 4.69) is 35.3 Å². The second-order valence-electron chi connectivity index (χ2n) is 15.0. The zero-order valence-electron chi connectivity index (χ0n) is 29.1. The molecule has 0 spiro atoms. The van der Waals surface area contributed by atoms with Crippen molar-refractivity contribution in [2.24, 2.45) is 4.99 Å². The molecule has 4 heterocycles. The molecule has 1 aliphatic carbocycles. The van der Waals surface area contributed by atoms with Crippen LogP contribution in [0.25, 0.3) is 0 Å². The van der Waals surface area contributed by atoms with E-state index in [4.69, 9.17) is 19.5 Å². The van der Waals surface area contributed by atoms with E-state index in [0.29, 0.717) is 24.9 Å². The van der Waals surface area contributed by atoms with Gasteiger partial charge in [-0.25, -0.2) is 14.6 Å². The number of aromatic amines is 1. The lowest BCUT2D eigenvalue weighted by Crippen LogP contribution is -2.36. The topological polar surface area (TPSA) is 100 Å². The van der Waals surface area contributed by atoms with E-state index in [0.717, 1.165) is 86.1 Å². The van der Waals surface area contributed by atoms with Crippen LogP contribution in [0.15, 0.2) is 77.6 Å². The molecule has 49 heavy (non-hydrogen) atoms. The standard InChI is InChI=1S/C40H49N5O4/c1-40(2,3)49-39(47)45-24-8-12-36(45)37-41-25-34(43-37)31-19-15-29(16-20-31)28-13-17-30(18-14-28)32-21-22-33(42-32)35-11-7-23-44(35)38(46)48-26-27-9-5-4-6-10-27/h4-6,9-10,13-14,17-18,22,25,29,31,35-36H,7-8,11-12,15-16,19-21,23-24,26H2,1-3H3,(H,41,43)/t29?,31?,35-,36-/m1/s1. The van der Waals surface area contributed by atoms with Crippen molar-refractivity contribution in [3.05, 3.63) is 101 Å². The predicted molar refractivity (Wildman–Crippen MR) is 189 cm³/mol. The van der Waals surface area contributed by atoms with Crippen LogP contribution in [0.1, 0.15) is 125 Å². The molecule has 0 unspecified atom stereocenters. The minimum Gasteiger partial charge on any atom is -0.445 e. The van der Waals surface area contributed by atoms with Crippen molar-refractivity contribution >= 4 is 17.9 Å². The molecule has 258 valence electrons. The van der Waals surface area contributed by atoms with Gasteiger partial charge in [0.2, 0.25) is 0 Å². The van der Waals surface area contributed by atoms with Crippen molar-refractivity contribution in [2.75, 3.05) is 13.1 Å². The molecule has 1 saturated carbocycles. The van der Waals surface area contributed by atoms with Crippen LogP contribution < -0.4 is 0 Å². The fraction of sp³-hybridized carbons (Fsp3) is 0.500. The molecule has 9 nitrogen and oxygen atoms in total. The summed E-state index contributed by atoms with van der Waals surface area (Å²) in [6, 6.07) is 18.7. The monoisotopic (exact) mass is 663 g/mol. The predicted octanol–water partition coefficient (Wildman–Crippen LogP) is 8.80. The number of amides is 2. The van der Waals surface area contributed by atoms with Gasteiger partial charge in [0.25, 0.3) is 0 Å². The fourth-order valence-corrected chi connectivity index (χ4v) is 7.94. The maximum atomic E-state index is 13.0. The van der Waals surface area contributed by atoms with Crippen molar-refractivity contribution in [2.45, 2.75) is 115 Å². The Morgan fingerprint density at radius 3 is 2.22 bits per heavy atom. The van der Waals surface area contributed by atoms with E-state index in [-0.39, 0.29) is 30.9 Å². The molecule has 2 atom stereocenters. The number of benzene rings is 2. The SMILES string of the molecule is CC(C)(C)OC(=O)N1CCC[C@@H]1c1ncc(C2CCC(c3ccc(C4=NC([C@H]5CCCN5C(=O)OCc5ccccc5)=CC4)cc3)CC2)[nH]1. The fourth-order valence-electron chi connectivity index (χ4n) is 7.94. The van der Waals surface area contributed by atoms with Gasteiger partial charge in [-0.2, -0.15) is 0 Å². The van der Waals surface area contributed by atoms with Gasteiger partial charge in [-0.05, 0) is 94.7 Å². The van der Waals surface area contributed by atoms with Gasteiger partial charge in [0.15, 0.2) is 0 Å². The van der Waals surface area contributed by atoms with Crippen LogP contribution in [0.5, 0.6) is 0 Å². The first kappa shape index (κ1) is 33.1. The molecule has 3 aliphatic heterocycles. The highest BCUT2D eigenvalue weighted by Gasteiger charge is 2.36. The highest BCUT2D eigenvalue weighted by atomic mass is 16.6. The summed E-state index contributed by atoms with van der Waals surface area (Å²) in [5.74, 6) is 1.88. The number of nitrogens with one attached hydrogen (secondary N) is 1. The van der Waals surface area contributed by atoms with Crippen LogP contribution in [-0.2, 0) is 16.1 Å². The third-order valence-electron chi connectivity index (χ3n) is 10.5. The van der Waals surface area contributed by atoms with Gasteiger partial charge >= 0.3 is 12.2 Å². The molecule has 4 aliphatic rings. The number of H-pyrrole nitrogens is 1. The van der Waals surface area contributed by atoms with Crippen LogP contribution >= 0.6 is 0 Å². The van der Waals surface area contributed by atoms with E-state index < -0.39 is 5.60 Å². The lowest BCUT2D eigenvalue weighted by molar-refractivity contribution is 0.0218. The maximum absolute atomic E-state index is 13.0. The number of nitrogens with zero attached hydrogens (tertiary/aromatic N) is 4. The number of aliphatic imine (C=N–C) groups is 1. The quantitative estimate of drug-likeness (QED) is 0.272. The molecule has 7 rings (SSSR count). The number of imidazole rings is 1. The largest absolute Gasteiger partial charge is 0.445 e. The molecule has 0 radical (unpaired) electrons. The van der Waals surface area contributed by atoms with Gasteiger partial charge in [0.05, 0.1) is 23.5 Å². The average molecular weight is 664 g/mol. The molecule has 2 amide bonds. The number of hydrogen-bond donors (Lipinski definition) is 1. The zero-order valence-corrected chi connectivity index (χ0v) is 29.1. The Morgan fingerprint density at radius 2 is 1.51 bits per heavy atom. The summed E-state index contributed by atoms with van der Waals surface area (Å²) in [6.07, 6.45) is 12.7. The van der Waals surface area contributed by atoms with Gasteiger partial charge in [-0.1, -0.05) is 60.7 Å². The molecule has 1 N–H and O–H groups in total. The average Bonchev–Trinajstić information content (AvgIpc) is 3.93. The molecule has 0 bridgehead atoms. The Hall–Kier alpha value is -4.40. The minimum atomic E-state index is -0.512. The van der Waals surface area contributed by atoms with E-state index in [9.17, 15) is 9.59 Å². The molecular weight excluding hydrogens is 614 g/mol. The highest BCUT2D eigenvalue weighted by molar-refractivity contribution is 6.03. The second kappa shape index (κ2) is 14.2. The minimum absolute atomic E-state index is 0.0248. The second-order valence-corrected chi connectivity index (χ2v) is 15.0. The molecule has 3 aromatic rings. The summed E-state index contributed by atoms with van der Waals surface area (Å²) >= 11 is 0. The van der Waals surface area contributed by atoms with Crippen molar-refractivity contribution in [1.82, 2.24) is 19.8 Å². The number of carbonyl (C=O) groups is 2. The highest BCUT2D eigenvalue weighted by Crippen LogP contribution is 2.41. The van der Waals surface area contributed by atoms with Crippen molar-refractivity contribution < 1.29 is 19.1 Å². The smallest absolute Gasteiger partial charge is 0.410 e. The lowest BCUT2D eigenvalue weighted by atomic mass is 9.77. The van der Waals surface area contributed by atoms with Crippen molar-refractivity contribution in [1.29, 1.82) is 0 Å². The molecule has 2 saturated heterocycles. The van der Waals surface area contributed by atoms with Gasteiger partial charge in [0.1, 0.15) is 18.0 Å². The van der Waals surface area contributed by atoms with Crippen molar-refractivity contribution in [3.8, 4) is 0 Å². The summed E-state index contributed by atoms with van der Waals surface area (Å²) in [7, 11) is 0. The normalized spacial score (nSPS) is 24.1. The first-order chi connectivity index (χ1) is 23.7. The van der Waals surface area contributed by atoms with E-state index in [1.165, 1.54) is 11.3 Å². The van der Waals surface area contributed by atoms with Gasteiger partial charge < -0.3 is 14.5 Å². The Labute approximate surface area is 289 Å². The maximum Gasteiger partial charge on any atom is 0.410 e. The number of allylic oxidation sites excluding steroid dienone is 1. The Bertz CT molecular complexity index is 1680. The number of ether oxygens (including phenoxy) is 2. The number of likely N-dealkylation sites (tertiary alicyclic amines) is 2. The molecule has 1 aromatic heterocycles. The van der Waals surface area contributed by atoms with Crippen molar-refractivity contribution in [3.63, 3.8) is 0 Å². The van der Waals surface area contributed by atoms with Crippen LogP contribution in [0.4, 0.5) is 9.59 Å². The summed E-state index contributed by atoms with van der Waals surface area (Å²) in [5.41, 5.74) is 6.26. The molecule has 3 fully saturated rings. The van der Waals surface area contributed by atoms with Gasteiger partial charge in [0, 0.05) is 37.3 Å². The summed E-state index contributed by atoms with van der Waals surface area (Å²) in [4.78, 5) is 42.8. The number of carbonyl (C=O) groups excluding carboxylic acids is 2. The Kier molecular flexibility index (Phi) is 9.61. The third kappa shape index (κ3) is 7.61. The third-order valence-corrected chi connectivity index (χ3v) is 10.5. The molecule has 2 aromatic carbocycles. The van der Waals surface area contributed by atoms with Crippen LogP contribution in [0.3, 0.4) is 0 Å². The van der Waals surface area contributed by atoms with E-state index in [1.54, 1.807) is 0 Å². The van der Waals surface area contributed by atoms with Crippen LogP contribution in [0.2, 0.25) is 0 Å². The zero-order chi connectivity index (χ0) is 34.0. The van der Waals surface area contributed by atoms with Gasteiger partial charge in [-0.15, -0.1) is 0 Å². The molecule has 9 heteroatoms. The van der Waals surface area contributed by atoms with Gasteiger partial charge in [-0.3, -0.25) is 14.8 Å². The van der Waals surface area contributed by atoms with Crippen LogP contribution in [-0.4, -0.2) is 62.4 Å². The number of rotatable bonds is 7. The first-order valence-corrected chi connectivity index (χ1v) is 18.1. The lowest BCUT2D eigenvalue weighted by Gasteiger charge is -2.29. The molecular formula is C40H49N5O4. The Balaban J connectivity index is 0.914. The first-order valence-electron chi connectivity index (χ1n) is 18.1. The van der Waals surface area contributed by atoms with E-state index in [1.807, 2.05) is 67.1 Å². The summed E-state index contributed by atoms with van der Waals surface area (Å²) < 4.78 is 11.3. The summed E-state index contributed by atoms with van der Waals surface area (Å²) in [5, 5.41) is 0. The Morgan fingerprint density at radius 1 is 0.837 bits per heavy atom. The number of aromatic nitrogens is 2. The number of hydrogen-bond acceptors (Lipinski definition) is 6.